The molecule has 1 fully saturated rings. The lowest BCUT2D eigenvalue weighted by Crippen LogP contribution is -2.38. The molecule has 0 spiro atoms. The van der Waals surface area contributed by atoms with Crippen molar-refractivity contribution in [2.45, 2.75) is 32.4 Å². The van der Waals surface area contributed by atoms with Crippen molar-refractivity contribution in [1.29, 1.82) is 0 Å². The highest BCUT2D eigenvalue weighted by atomic mass is 16.5. The van der Waals surface area contributed by atoms with Gasteiger partial charge in [-0.1, -0.05) is 12.1 Å². The molecule has 4 nitrogen and oxygen atoms in total. The second-order valence-electron chi connectivity index (χ2n) is 6.05. The van der Waals surface area contributed by atoms with Crippen molar-refractivity contribution in [3.05, 3.63) is 30.1 Å². The Balaban J connectivity index is 2.17. The maximum atomic E-state index is 5.58. The molecule has 19 heavy (non-hydrogen) atoms. The van der Waals surface area contributed by atoms with Crippen molar-refractivity contribution in [2.75, 3.05) is 19.8 Å². The Morgan fingerprint density at radius 3 is 2.79 bits per heavy atom. The summed E-state index contributed by atoms with van der Waals surface area (Å²) in [5.41, 5.74) is 2.25. The van der Waals surface area contributed by atoms with Crippen molar-refractivity contribution >= 4 is 11.0 Å². The van der Waals surface area contributed by atoms with Gasteiger partial charge in [0.15, 0.2) is 0 Å². The number of morpholine rings is 1. The summed E-state index contributed by atoms with van der Waals surface area (Å²) < 4.78 is 7.91. The minimum absolute atomic E-state index is 0.00453. The zero-order chi connectivity index (χ0) is 13.5. The van der Waals surface area contributed by atoms with Crippen LogP contribution >= 0.6 is 0 Å². The molecule has 1 aromatic carbocycles. The average Bonchev–Trinajstić information content (AvgIpc) is 2.79. The van der Waals surface area contributed by atoms with Crippen LogP contribution in [0.1, 0.15) is 32.6 Å². The lowest BCUT2D eigenvalue weighted by atomic mass is 10.1. The quantitative estimate of drug-likeness (QED) is 0.855. The van der Waals surface area contributed by atoms with Gasteiger partial charge in [0, 0.05) is 12.1 Å². The van der Waals surface area contributed by atoms with Gasteiger partial charge in [-0.2, -0.15) is 0 Å². The van der Waals surface area contributed by atoms with Gasteiger partial charge in [-0.15, -0.1) is 0 Å². The topological polar surface area (TPSA) is 39.1 Å². The van der Waals surface area contributed by atoms with E-state index in [1.165, 1.54) is 5.52 Å². The number of rotatable bonds is 1. The highest BCUT2D eigenvalue weighted by Crippen LogP contribution is 2.28. The van der Waals surface area contributed by atoms with Crippen LogP contribution in [-0.2, 0) is 10.3 Å². The Labute approximate surface area is 113 Å². The number of para-hydroxylation sites is 2. The van der Waals surface area contributed by atoms with Crippen molar-refractivity contribution in [1.82, 2.24) is 14.9 Å². The zero-order valence-corrected chi connectivity index (χ0v) is 11.8. The standard InChI is InChI=1S/C15H21N3O/c1-15(2,3)18-13-7-5-4-6-11(13)17-14(18)12-10-19-9-8-16-12/h4-7,12,16H,8-10H2,1-3H3. The van der Waals surface area contributed by atoms with E-state index in [0.29, 0.717) is 6.61 Å². The molecule has 0 amide bonds. The van der Waals surface area contributed by atoms with Crippen molar-refractivity contribution in [2.24, 2.45) is 0 Å². The van der Waals surface area contributed by atoms with Gasteiger partial charge in [0.05, 0.1) is 30.3 Å². The molecule has 2 aromatic rings. The monoisotopic (exact) mass is 259 g/mol. The lowest BCUT2D eigenvalue weighted by Gasteiger charge is -2.30. The summed E-state index contributed by atoms with van der Waals surface area (Å²) in [5, 5.41) is 3.50. The summed E-state index contributed by atoms with van der Waals surface area (Å²) in [4.78, 5) is 4.82. The largest absolute Gasteiger partial charge is 0.378 e. The molecule has 1 unspecified atom stereocenters. The molecule has 1 aliphatic heterocycles. The fourth-order valence-electron chi connectivity index (χ4n) is 2.71. The lowest BCUT2D eigenvalue weighted by molar-refractivity contribution is 0.0719. The number of nitrogens with zero attached hydrogens (tertiary/aromatic N) is 2. The number of nitrogens with one attached hydrogen (secondary N) is 1. The van der Waals surface area contributed by atoms with Crippen molar-refractivity contribution in [3.63, 3.8) is 0 Å². The van der Waals surface area contributed by atoms with Crippen LogP contribution in [0.4, 0.5) is 0 Å². The number of aromatic nitrogens is 2. The van der Waals surface area contributed by atoms with Gasteiger partial charge in [-0.25, -0.2) is 4.98 Å². The number of hydrogen-bond donors (Lipinski definition) is 1. The normalized spacial score (nSPS) is 20.9. The first-order chi connectivity index (χ1) is 9.07. The minimum Gasteiger partial charge on any atom is -0.378 e. The summed E-state index contributed by atoms with van der Waals surface area (Å²) >= 11 is 0. The number of ether oxygens (including phenoxy) is 1. The number of fused-ring (bicyclic) bond motifs is 1. The molecule has 1 saturated heterocycles. The third kappa shape index (κ3) is 2.26. The fraction of sp³-hybridized carbons (Fsp3) is 0.533. The van der Waals surface area contributed by atoms with Gasteiger partial charge in [-0.05, 0) is 32.9 Å². The third-order valence-corrected chi connectivity index (χ3v) is 3.49. The Morgan fingerprint density at radius 2 is 2.11 bits per heavy atom. The Bertz CT molecular complexity index is 577. The van der Waals surface area contributed by atoms with Crippen LogP contribution in [-0.4, -0.2) is 29.3 Å². The fourth-order valence-corrected chi connectivity index (χ4v) is 2.71. The van der Waals surface area contributed by atoms with E-state index in [-0.39, 0.29) is 11.6 Å². The first-order valence-corrected chi connectivity index (χ1v) is 6.86. The van der Waals surface area contributed by atoms with E-state index in [1.807, 2.05) is 6.07 Å². The van der Waals surface area contributed by atoms with Crippen LogP contribution in [0.5, 0.6) is 0 Å². The van der Waals surface area contributed by atoms with Crippen LogP contribution in [0.2, 0.25) is 0 Å². The summed E-state index contributed by atoms with van der Waals surface area (Å²) in [5.74, 6) is 1.08. The number of benzene rings is 1. The van der Waals surface area contributed by atoms with Crippen LogP contribution < -0.4 is 5.32 Å². The molecule has 1 aromatic heterocycles. The molecule has 4 heteroatoms. The maximum Gasteiger partial charge on any atom is 0.129 e. The van der Waals surface area contributed by atoms with Gasteiger partial charge in [0.2, 0.25) is 0 Å². The second kappa shape index (κ2) is 4.62. The van der Waals surface area contributed by atoms with Gasteiger partial charge >= 0.3 is 0 Å². The van der Waals surface area contributed by atoms with Gasteiger partial charge in [-0.3, -0.25) is 0 Å². The highest BCUT2D eigenvalue weighted by molar-refractivity contribution is 5.76. The molecule has 2 heterocycles. The number of hydrogen-bond acceptors (Lipinski definition) is 3. The van der Waals surface area contributed by atoms with Gasteiger partial charge in [0.25, 0.3) is 0 Å². The van der Waals surface area contributed by atoms with Crippen LogP contribution in [0.15, 0.2) is 24.3 Å². The van der Waals surface area contributed by atoms with E-state index in [0.717, 1.165) is 24.5 Å². The molecule has 0 aliphatic carbocycles. The van der Waals surface area contributed by atoms with Gasteiger partial charge in [0.1, 0.15) is 5.82 Å². The first kappa shape index (κ1) is 12.6. The van der Waals surface area contributed by atoms with E-state index in [1.54, 1.807) is 0 Å². The summed E-state index contributed by atoms with van der Waals surface area (Å²) in [7, 11) is 0. The average molecular weight is 259 g/mol. The summed E-state index contributed by atoms with van der Waals surface area (Å²) in [6, 6.07) is 8.50. The van der Waals surface area contributed by atoms with Crippen LogP contribution in [0.3, 0.4) is 0 Å². The highest BCUT2D eigenvalue weighted by Gasteiger charge is 2.27. The Morgan fingerprint density at radius 1 is 1.32 bits per heavy atom. The maximum absolute atomic E-state index is 5.58. The van der Waals surface area contributed by atoms with Crippen LogP contribution in [0.25, 0.3) is 11.0 Å². The number of imidazole rings is 1. The van der Waals surface area contributed by atoms with E-state index >= 15 is 0 Å². The van der Waals surface area contributed by atoms with E-state index in [4.69, 9.17) is 9.72 Å². The van der Waals surface area contributed by atoms with Crippen molar-refractivity contribution in [3.8, 4) is 0 Å². The first-order valence-electron chi connectivity index (χ1n) is 6.86. The molecule has 1 atom stereocenters. The predicted molar refractivity (Wildman–Crippen MR) is 76.3 cm³/mol. The minimum atomic E-state index is 0.00453. The summed E-state index contributed by atoms with van der Waals surface area (Å²) in [6.07, 6.45) is 0. The molecule has 0 bridgehead atoms. The zero-order valence-electron chi connectivity index (χ0n) is 11.8. The van der Waals surface area contributed by atoms with Crippen LogP contribution in [0, 0.1) is 0 Å². The molecule has 1 N–H and O–H groups in total. The summed E-state index contributed by atoms with van der Waals surface area (Å²) in [6.45, 7) is 9.01. The smallest absolute Gasteiger partial charge is 0.129 e. The van der Waals surface area contributed by atoms with E-state index in [2.05, 4.69) is 48.9 Å². The molecular weight excluding hydrogens is 238 g/mol. The molecular formula is C15H21N3O. The second-order valence-corrected chi connectivity index (χ2v) is 6.05. The van der Waals surface area contributed by atoms with E-state index in [9.17, 15) is 0 Å². The molecule has 1 aliphatic rings. The van der Waals surface area contributed by atoms with Crippen molar-refractivity contribution < 1.29 is 4.74 Å². The Kier molecular flexibility index (Phi) is 3.07. The molecule has 0 saturated carbocycles. The predicted octanol–water partition coefficient (Wildman–Crippen LogP) is 2.45. The molecule has 3 rings (SSSR count). The molecule has 102 valence electrons. The Hall–Kier alpha value is -1.39. The third-order valence-electron chi connectivity index (χ3n) is 3.49. The molecule has 0 radical (unpaired) electrons. The van der Waals surface area contributed by atoms with E-state index < -0.39 is 0 Å². The SMILES string of the molecule is CC(C)(C)n1c(C2COCCN2)nc2ccccc21. The van der Waals surface area contributed by atoms with Gasteiger partial charge < -0.3 is 14.6 Å².